The van der Waals surface area contributed by atoms with E-state index in [9.17, 15) is 9.59 Å². The van der Waals surface area contributed by atoms with Gasteiger partial charge < -0.3 is 9.88 Å². The van der Waals surface area contributed by atoms with Crippen LogP contribution in [0.5, 0.6) is 0 Å². The van der Waals surface area contributed by atoms with Crippen LogP contribution in [0, 0.1) is 6.92 Å². The standard InChI is InChI=1S/C22H15Cl2N3O2/c1-13-12-25-20-15(21(13)27-10-8-14(28)9-11-27)4-2-7-18(20)26-22(29)19-16(23)5-3-6-17(19)24/h2-12H,1H3,(H,26,29). The number of benzene rings is 2. The number of halogens is 2. The second-order valence-corrected chi connectivity index (χ2v) is 7.30. The van der Waals surface area contributed by atoms with E-state index in [-0.39, 0.29) is 21.0 Å². The molecule has 0 aliphatic heterocycles. The molecule has 1 amide bonds. The zero-order valence-electron chi connectivity index (χ0n) is 15.3. The lowest BCUT2D eigenvalue weighted by Gasteiger charge is -2.15. The van der Waals surface area contributed by atoms with Gasteiger partial charge in [-0.1, -0.05) is 41.4 Å². The highest BCUT2D eigenvalue weighted by Crippen LogP contribution is 2.30. The van der Waals surface area contributed by atoms with Crippen LogP contribution >= 0.6 is 23.2 Å². The van der Waals surface area contributed by atoms with Gasteiger partial charge in [-0.25, -0.2) is 0 Å². The minimum atomic E-state index is -0.416. The summed E-state index contributed by atoms with van der Waals surface area (Å²) in [6.07, 6.45) is 5.14. The first-order valence-electron chi connectivity index (χ1n) is 8.78. The molecule has 0 saturated heterocycles. The lowest BCUT2D eigenvalue weighted by atomic mass is 10.1. The Kier molecular flexibility index (Phi) is 5.09. The van der Waals surface area contributed by atoms with Crippen molar-refractivity contribution >= 4 is 45.7 Å². The van der Waals surface area contributed by atoms with E-state index in [2.05, 4.69) is 10.3 Å². The molecule has 144 valence electrons. The lowest BCUT2D eigenvalue weighted by molar-refractivity contribution is 0.102. The maximum Gasteiger partial charge on any atom is 0.258 e. The number of carbonyl (C=O) groups excluding carboxylic acids is 1. The fourth-order valence-electron chi connectivity index (χ4n) is 3.21. The van der Waals surface area contributed by atoms with Crippen molar-refractivity contribution in [2.24, 2.45) is 0 Å². The summed E-state index contributed by atoms with van der Waals surface area (Å²) in [6.45, 7) is 1.94. The highest BCUT2D eigenvalue weighted by molar-refractivity contribution is 6.40. The summed E-state index contributed by atoms with van der Waals surface area (Å²) in [7, 11) is 0. The predicted octanol–water partition coefficient (Wildman–Crippen LogP) is 5.25. The van der Waals surface area contributed by atoms with Gasteiger partial charge >= 0.3 is 0 Å². The first-order chi connectivity index (χ1) is 14.0. The normalized spacial score (nSPS) is 10.9. The number of rotatable bonds is 3. The molecule has 0 atom stereocenters. The van der Waals surface area contributed by atoms with E-state index in [1.54, 1.807) is 42.9 Å². The number of carbonyl (C=O) groups is 1. The number of anilines is 1. The maximum atomic E-state index is 12.8. The first-order valence-corrected chi connectivity index (χ1v) is 9.53. The maximum absolute atomic E-state index is 12.8. The Morgan fingerprint density at radius 3 is 2.34 bits per heavy atom. The third-order valence-electron chi connectivity index (χ3n) is 4.55. The van der Waals surface area contributed by atoms with Gasteiger partial charge in [-0.3, -0.25) is 14.6 Å². The van der Waals surface area contributed by atoms with E-state index in [0.29, 0.717) is 11.2 Å². The average molecular weight is 424 g/mol. The molecule has 7 heteroatoms. The van der Waals surface area contributed by atoms with Crippen LogP contribution in [0.4, 0.5) is 5.69 Å². The molecular weight excluding hydrogens is 409 g/mol. The van der Waals surface area contributed by atoms with Crippen LogP contribution in [-0.4, -0.2) is 15.5 Å². The zero-order valence-corrected chi connectivity index (χ0v) is 16.8. The molecule has 1 N–H and O–H groups in total. The Morgan fingerprint density at radius 1 is 1.00 bits per heavy atom. The summed E-state index contributed by atoms with van der Waals surface area (Å²) in [4.78, 5) is 28.8. The van der Waals surface area contributed by atoms with Gasteiger partial charge in [-0.05, 0) is 30.7 Å². The predicted molar refractivity (Wildman–Crippen MR) is 116 cm³/mol. The highest BCUT2D eigenvalue weighted by atomic mass is 35.5. The Bertz CT molecular complexity index is 1270. The van der Waals surface area contributed by atoms with Crippen molar-refractivity contribution in [3.8, 4) is 5.69 Å². The van der Waals surface area contributed by atoms with Gasteiger partial charge in [0.25, 0.3) is 5.91 Å². The third kappa shape index (κ3) is 3.62. The van der Waals surface area contributed by atoms with Crippen molar-refractivity contribution in [1.82, 2.24) is 9.55 Å². The number of hydrogen-bond donors (Lipinski definition) is 1. The van der Waals surface area contributed by atoms with Gasteiger partial charge in [0.1, 0.15) is 0 Å². The van der Waals surface area contributed by atoms with Crippen LogP contribution in [-0.2, 0) is 0 Å². The number of aryl methyl sites for hydroxylation is 1. The summed E-state index contributed by atoms with van der Waals surface area (Å²) in [5.41, 5.74) is 3.09. The smallest absolute Gasteiger partial charge is 0.258 e. The molecule has 0 bridgehead atoms. The molecule has 4 rings (SSSR count). The van der Waals surface area contributed by atoms with E-state index < -0.39 is 5.91 Å². The van der Waals surface area contributed by atoms with Crippen LogP contribution in [0.15, 0.2) is 71.9 Å². The molecule has 4 aromatic rings. The summed E-state index contributed by atoms with van der Waals surface area (Å²) in [5, 5.41) is 4.23. The third-order valence-corrected chi connectivity index (χ3v) is 5.18. The fraction of sp³-hybridized carbons (Fsp3) is 0.0455. The molecule has 0 aliphatic rings. The van der Waals surface area contributed by atoms with E-state index in [1.165, 1.54) is 12.1 Å². The van der Waals surface area contributed by atoms with Gasteiger partial charge in [0.05, 0.1) is 32.5 Å². The molecule has 0 fully saturated rings. The second kappa shape index (κ2) is 7.70. The van der Waals surface area contributed by atoms with Crippen molar-refractivity contribution < 1.29 is 4.79 Å². The molecule has 5 nitrogen and oxygen atoms in total. The quantitative estimate of drug-likeness (QED) is 0.489. The first kappa shape index (κ1) is 19.2. The molecule has 0 saturated carbocycles. The second-order valence-electron chi connectivity index (χ2n) is 6.48. The van der Waals surface area contributed by atoms with E-state index in [0.717, 1.165) is 16.6 Å². The Morgan fingerprint density at radius 2 is 1.66 bits per heavy atom. The van der Waals surface area contributed by atoms with Gasteiger partial charge in [0, 0.05) is 36.1 Å². The molecule has 0 radical (unpaired) electrons. The summed E-state index contributed by atoms with van der Waals surface area (Å²) in [5.74, 6) is -0.416. The summed E-state index contributed by atoms with van der Waals surface area (Å²) < 4.78 is 1.86. The number of nitrogens with zero attached hydrogens (tertiary/aromatic N) is 2. The van der Waals surface area contributed by atoms with E-state index >= 15 is 0 Å². The number of para-hydroxylation sites is 1. The Labute approximate surface area is 176 Å². The number of nitrogens with one attached hydrogen (secondary N) is 1. The molecule has 29 heavy (non-hydrogen) atoms. The Balaban J connectivity index is 1.83. The summed E-state index contributed by atoms with van der Waals surface area (Å²) >= 11 is 12.3. The Hall–Kier alpha value is -3.15. The number of hydrogen-bond acceptors (Lipinski definition) is 3. The minimum absolute atomic E-state index is 0.0677. The molecular formula is C22H15Cl2N3O2. The van der Waals surface area contributed by atoms with E-state index in [4.69, 9.17) is 23.2 Å². The lowest BCUT2D eigenvalue weighted by Crippen LogP contribution is -2.14. The van der Waals surface area contributed by atoms with Crippen LogP contribution in [0.2, 0.25) is 10.0 Å². The van der Waals surface area contributed by atoms with Gasteiger partial charge in [0.15, 0.2) is 5.43 Å². The number of pyridine rings is 2. The van der Waals surface area contributed by atoms with Crippen LogP contribution in [0.1, 0.15) is 15.9 Å². The largest absolute Gasteiger partial charge is 0.323 e. The molecule has 0 spiro atoms. The van der Waals surface area contributed by atoms with Crippen molar-refractivity contribution in [3.05, 3.63) is 98.5 Å². The number of fused-ring (bicyclic) bond motifs is 1. The van der Waals surface area contributed by atoms with Crippen LogP contribution in [0.25, 0.3) is 16.6 Å². The molecule has 0 unspecified atom stereocenters. The van der Waals surface area contributed by atoms with Gasteiger partial charge in [0.2, 0.25) is 0 Å². The topological polar surface area (TPSA) is 64.0 Å². The average Bonchev–Trinajstić information content (AvgIpc) is 2.69. The number of amides is 1. The molecule has 0 aliphatic carbocycles. The fourth-order valence-corrected chi connectivity index (χ4v) is 3.78. The van der Waals surface area contributed by atoms with Crippen molar-refractivity contribution in [2.45, 2.75) is 6.92 Å². The monoisotopic (exact) mass is 423 g/mol. The minimum Gasteiger partial charge on any atom is -0.323 e. The SMILES string of the molecule is Cc1cnc2c(NC(=O)c3c(Cl)cccc3Cl)cccc2c1-n1ccc(=O)cc1. The van der Waals surface area contributed by atoms with Crippen molar-refractivity contribution in [3.63, 3.8) is 0 Å². The van der Waals surface area contributed by atoms with Crippen LogP contribution in [0.3, 0.4) is 0 Å². The zero-order chi connectivity index (χ0) is 20.5. The number of aromatic nitrogens is 2. The molecule has 2 heterocycles. The van der Waals surface area contributed by atoms with Gasteiger partial charge in [-0.2, -0.15) is 0 Å². The van der Waals surface area contributed by atoms with Crippen molar-refractivity contribution in [1.29, 1.82) is 0 Å². The highest BCUT2D eigenvalue weighted by Gasteiger charge is 2.17. The van der Waals surface area contributed by atoms with Gasteiger partial charge in [-0.15, -0.1) is 0 Å². The van der Waals surface area contributed by atoms with Crippen molar-refractivity contribution in [2.75, 3.05) is 5.32 Å². The van der Waals surface area contributed by atoms with E-state index in [1.807, 2.05) is 23.6 Å². The summed E-state index contributed by atoms with van der Waals surface area (Å²) in [6, 6.07) is 13.4. The molecule has 2 aromatic carbocycles. The molecule has 2 aromatic heterocycles. The van der Waals surface area contributed by atoms with Crippen LogP contribution < -0.4 is 10.7 Å².